The summed E-state index contributed by atoms with van der Waals surface area (Å²) in [5.74, 6) is -0.502. The van der Waals surface area contributed by atoms with Gasteiger partial charge in [-0.2, -0.15) is 0 Å². The average Bonchev–Trinajstić information content (AvgIpc) is 3.46. The zero-order valence-corrected chi connectivity index (χ0v) is 17.5. The molecule has 0 saturated heterocycles. The number of H-pyrrole nitrogens is 1. The Morgan fingerprint density at radius 1 is 1.06 bits per heavy atom. The average molecular weight is 443 g/mol. The van der Waals surface area contributed by atoms with Crippen LogP contribution < -0.4 is 10.3 Å². The minimum absolute atomic E-state index is 0.0858. The van der Waals surface area contributed by atoms with Gasteiger partial charge in [0.1, 0.15) is 12.4 Å². The van der Waals surface area contributed by atoms with Gasteiger partial charge in [-0.25, -0.2) is 14.3 Å². The summed E-state index contributed by atoms with van der Waals surface area (Å²) in [6.07, 6.45) is 1.78. The summed E-state index contributed by atoms with van der Waals surface area (Å²) in [4.78, 5) is 29.2. The van der Waals surface area contributed by atoms with Crippen LogP contribution in [0.2, 0.25) is 0 Å². The predicted molar refractivity (Wildman–Crippen MR) is 122 cm³/mol. The standard InChI is InChI=1S/C24H17N3O4S/c28-22-11-18(13-31-19-8-6-16(7-9-19)24(29)30)26-23-20(12-25-27(22)23)21-10-17(14-32-21)15-4-2-1-3-5-15/h1-12,14,25H,13H2,(H,29,30). The molecule has 2 N–H and O–H groups in total. The first-order valence-electron chi connectivity index (χ1n) is 9.79. The molecule has 32 heavy (non-hydrogen) atoms. The van der Waals surface area contributed by atoms with Gasteiger partial charge in [-0.1, -0.05) is 30.3 Å². The molecule has 0 aliphatic rings. The summed E-state index contributed by atoms with van der Waals surface area (Å²) in [6.45, 7) is 0.0858. The van der Waals surface area contributed by atoms with Crippen LogP contribution in [-0.4, -0.2) is 25.7 Å². The normalized spacial score (nSPS) is 11.0. The van der Waals surface area contributed by atoms with Crippen molar-refractivity contribution >= 4 is 23.0 Å². The lowest BCUT2D eigenvalue weighted by Gasteiger charge is -2.06. The van der Waals surface area contributed by atoms with E-state index < -0.39 is 5.97 Å². The van der Waals surface area contributed by atoms with Gasteiger partial charge in [-0.05, 0) is 46.8 Å². The van der Waals surface area contributed by atoms with E-state index in [2.05, 4.69) is 33.7 Å². The Kier molecular flexibility index (Phi) is 5.04. The number of nitrogens with one attached hydrogen (secondary N) is 1. The van der Waals surface area contributed by atoms with Crippen LogP contribution in [0.25, 0.3) is 27.2 Å². The third-order valence-corrected chi connectivity index (χ3v) is 5.97. The number of rotatable bonds is 6. The molecule has 0 radical (unpaired) electrons. The Morgan fingerprint density at radius 3 is 2.59 bits per heavy atom. The van der Waals surface area contributed by atoms with Crippen molar-refractivity contribution in [1.82, 2.24) is 14.6 Å². The second kappa shape index (κ2) is 8.16. The monoisotopic (exact) mass is 443 g/mol. The fourth-order valence-electron chi connectivity index (χ4n) is 3.39. The number of ether oxygens (including phenoxy) is 1. The van der Waals surface area contributed by atoms with Gasteiger partial charge in [0.2, 0.25) is 0 Å². The fraction of sp³-hybridized carbons (Fsp3) is 0.0417. The van der Waals surface area contributed by atoms with Gasteiger partial charge in [0.15, 0.2) is 5.65 Å². The van der Waals surface area contributed by atoms with E-state index in [-0.39, 0.29) is 17.7 Å². The fourth-order valence-corrected chi connectivity index (χ4v) is 4.32. The van der Waals surface area contributed by atoms with Crippen molar-refractivity contribution in [3.8, 4) is 27.3 Å². The molecule has 0 aliphatic heterocycles. The largest absolute Gasteiger partial charge is 0.487 e. The van der Waals surface area contributed by atoms with Gasteiger partial charge in [0.05, 0.1) is 16.8 Å². The Labute approximate surface area is 186 Å². The maximum absolute atomic E-state index is 12.6. The van der Waals surface area contributed by atoms with Gasteiger partial charge < -0.3 is 9.84 Å². The van der Waals surface area contributed by atoms with Crippen molar-refractivity contribution < 1.29 is 14.6 Å². The number of aromatic amines is 1. The molecule has 0 unspecified atom stereocenters. The molecular formula is C24H17N3O4S. The van der Waals surface area contributed by atoms with Crippen molar-refractivity contribution in [2.45, 2.75) is 6.61 Å². The molecule has 5 rings (SSSR count). The minimum atomic E-state index is -0.999. The molecule has 0 fully saturated rings. The van der Waals surface area contributed by atoms with Crippen molar-refractivity contribution in [3.05, 3.63) is 99.9 Å². The van der Waals surface area contributed by atoms with Gasteiger partial charge in [-0.3, -0.25) is 9.89 Å². The molecule has 0 saturated carbocycles. The molecule has 158 valence electrons. The Balaban J connectivity index is 1.43. The zero-order chi connectivity index (χ0) is 22.1. The lowest BCUT2D eigenvalue weighted by atomic mass is 10.1. The number of hydrogen-bond donors (Lipinski definition) is 2. The molecule has 0 bridgehead atoms. The highest BCUT2D eigenvalue weighted by molar-refractivity contribution is 7.14. The topological polar surface area (TPSA) is 96.7 Å². The van der Waals surface area contributed by atoms with E-state index in [1.54, 1.807) is 29.7 Å². The number of hydrogen-bond acceptors (Lipinski definition) is 5. The van der Waals surface area contributed by atoms with E-state index in [1.807, 2.05) is 18.2 Å². The van der Waals surface area contributed by atoms with E-state index in [9.17, 15) is 9.59 Å². The molecule has 2 aromatic carbocycles. The molecule has 3 aromatic heterocycles. The summed E-state index contributed by atoms with van der Waals surface area (Å²) in [5, 5.41) is 14.0. The number of benzene rings is 2. The summed E-state index contributed by atoms with van der Waals surface area (Å²) in [6, 6.07) is 19.7. The first kappa shape index (κ1) is 19.8. The molecule has 0 spiro atoms. The van der Waals surface area contributed by atoms with E-state index in [4.69, 9.17) is 9.84 Å². The molecular weight excluding hydrogens is 426 g/mol. The number of aromatic nitrogens is 3. The van der Waals surface area contributed by atoms with Gasteiger partial charge >= 0.3 is 5.97 Å². The van der Waals surface area contributed by atoms with E-state index in [0.29, 0.717) is 17.1 Å². The van der Waals surface area contributed by atoms with Gasteiger partial charge in [0.25, 0.3) is 5.56 Å². The second-order valence-corrected chi connectivity index (χ2v) is 8.03. The third kappa shape index (κ3) is 3.79. The molecule has 7 nitrogen and oxygen atoms in total. The van der Waals surface area contributed by atoms with Crippen LogP contribution in [0.4, 0.5) is 0 Å². The van der Waals surface area contributed by atoms with E-state index in [1.165, 1.54) is 22.7 Å². The van der Waals surface area contributed by atoms with Gasteiger partial charge in [0, 0.05) is 17.1 Å². The van der Waals surface area contributed by atoms with E-state index in [0.717, 1.165) is 21.6 Å². The van der Waals surface area contributed by atoms with Crippen LogP contribution in [0.3, 0.4) is 0 Å². The Bertz CT molecular complexity index is 1470. The highest BCUT2D eigenvalue weighted by Gasteiger charge is 2.14. The first-order chi connectivity index (χ1) is 15.6. The van der Waals surface area contributed by atoms with Gasteiger partial charge in [-0.15, -0.1) is 11.3 Å². The maximum atomic E-state index is 12.6. The lowest BCUT2D eigenvalue weighted by Crippen LogP contribution is -2.16. The highest BCUT2D eigenvalue weighted by atomic mass is 32.1. The van der Waals surface area contributed by atoms with Crippen LogP contribution >= 0.6 is 11.3 Å². The summed E-state index contributed by atoms with van der Waals surface area (Å²) in [5.41, 5.74) is 4.03. The van der Waals surface area contributed by atoms with Crippen LogP contribution in [0.15, 0.2) is 83.1 Å². The second-order valence-electron chi connectivity index (χ2n) is 7.12. The Morgan fingerprint density at radius 2 is 1.84 bits per heavy atom. The lowest BCUT2D eigenvalue weighted by molar-refractivity contribution is 0.0697. The molecule has 0 aliphatic carbocycles. The zero-order valence-electron chi connectivity index (χ0n) is 16.7. The van der Waals surface area contributed by atoms with Crippen molar-refractivity contribution in [2.75, 3.05) is 0 Å². The van der Waals surface area contributed by atoms with Crippen molar-refractivity contribution in [2.24, 2.45) is 0 Å². The number of nitrogens with zero attached hydrogens (tertiary/aromatic N) is 2. The number of carbonyl (C=O) groups is 1. The molecule has 8 heteroatoms. The SMILES string of the molecule is O=C(O)c1ccc(OCc2cc(=O)n3[nH]cc(-c4cc(-c5ccccc5)cs4)c3n2)cc1. The minimum Gasteiger partial charge on any atom is -0.487 e. The van der Waals surface area contributed by atoms with Crippen molar-refractivity contribution in [3.63, 3.8) is 0 Å². The summed E-state index contributed by atoms with van der Waals surface area (Å²) >= 11 is 1.59. The van der Waals surface area contributed by atoms with Crippen LogP contribution in [0, 0.1) is 0 Å². The number of carboxylic acid groups (broad SMARTS) is 1. The van der Waals surface area contributed by atoms with Crippen LogP contribution in [-0.2, 0) is 6.61 Å². The quantitative estimate of drug-likeness (QED) is 0.397. The van der Waals surface area contributed by atoms with Crippen LogP contribution in [0.1, 0.15) is 16.1 Å². The highest BCUT2D eigenvalue weighted by Crippen LogP contribution is 2.34. The number of carboxylic acids is 1. The summed E-state index contributed by atoms with van der Waals surface area (Å²) in [7, 11) is 0. The number of thiophene rings is 1. The Hall–Kier alpha value is -4.17. The van der Waals surface area contributed by atoms with E-state index >= 15 is 0 Å². The summed E-state index contributed by atoms with van der Waals surface area (Å²) < 4.78 is 7.11. The number of aromatic carboxylic acids is 1. The molecule has 3 heterocycles. The van der Waals surface area contributed by atoms with Crippen LogP contribution in [0.5, 0.6) is 5.75 Å². The maximum Gasteiger partial charge on any atom is 0.335 e. The molecule has 0 atom stereocenters. The number of fused-ring (bicyclic) bond motifs is 1. The predicted octanol–water partition coefficient (Wildman–Crippen LogP) is 4.70. The smallest absolute Gasteiger partial charge is 0.335 e. The first-order valence-corrected chi connectivity index (χ1v) is 10.7. The molecule has 0 amide bonds. The van der Waals surface area contributed by atoms with Crippen molar-refractivity contribution in [1.29, 1.82) is 0 Å². The third-order valence-electron chi connectivity index (χ3n) is 5.01. The molecule has 5 aromatic rings.